The summed E-state index contributed by atoms with van der Waals surface area (Å²) in [4.78, 5) is 18.9. The van der Waals surface area contributed by atoms with E-state index in [0.717, 1.165) is 37.5 Å². The maximum absolute atomic E-state index is 12.6. The molecule has 1 aliphatic rings. The van der Waals surface area contributed by atoms with Gasteiger partial charge in [0.15, 0.2) is 0 Å². The Hall–Kier alpha value is -2.24. The predicted octanol–water partition coefficient (Wildman–Crippen LogP) is 3.13. The maximum atomic E-state index is 12.6. The third kappa shape index (κ3) is 5.37. The first-order valence-corrected chi connectivity index (χ1v) is 9.53. The lowest BCUT2D eigenvalue weighted by Crippen LogP contribution is -2.49. The fourth-order valence-electron chi connectivity index (χ4n) is 3.28. The molecule has 1 heterocycles. The van der Waals surface area contributed by atoms with Gasteiger partial charge >= 0.3 is 0 Å². The number of piperazine rings is 1. The Morgan fingerprint density at radius 3 is 2.56 bits per heavy atom. The number of hydrogen-bond donors (Lipinski definition) is 0. The lowest BCUT2D eigenvalue weighted by molar-refractivity contribution is -0.131. The Morgan fingerprint density at radius 1 is 1.11 bits per heavy atom. The Kier molecular flexibility index (Phi) is 6.58. The topological polar surface area (TPSA) is 36.0 Å². The Balaban J connectivity index is 1.48. The molecule has 0 saturated carbocycles. The van der Waals surface area contributed by atoms with Crippen LogP contribution in [0.4, 0.5) is 5.69 Å². The van der Waals surface area contributed by atoms with Gasteiger partial charge in [0.05, 0.1) is 13.7 Å². The Morgan fingerprint density at radius 2 is 1.85 bits per heavy atom. The fourth-order valence-corrected chi connectivity index (χ4v) is 3.49. The van der Waals surface area contributed by atoms with Gasteiger partial charge in [-0.3, -0.25) is 9.69 Å². The predicted molar refractivity (Wildman–Crippen MR) is 110 cm³/mol. The number of rotatable bonds is 6. The SMILES string of the molecule is COc1cccc(N2CCN(CC(=O)N(C)Cc3cccc(Cl)c3)CC2)c1. The smallest absolute Gasteiger partial charge is 0.236 e. The minimum atomic E-state index is 0.129. The van der Waals surface area contributed by atoms with E-state index < -0.39 is 0 Å². The zero-order chi connectivity index (χ0) is 19.2. The van der Waals surface area contributed by atoms with Crippen molar-refractivity contribution in [3.8, 4) is 5.75 Å². The number of hydrogen-bond acceptors (Lipinski definition) is 4. The van der Waals surface area contributed by atoms with Crippen LogP contribution in [0.25, 0.3) is 0 Å². The first-order chi connectivity index (χ1) is 13.0. The summed E-state index contributed by atoms with van der Waals surface area (Å²) in [7, 11) is 3.53. The molecule has 0 radical (unpaired) electrons. The number of nitrogens with zero attached hydrogens (tertiary/aromatic N) is 3. The van der Waals surface area contributed by atoms with Crippen LogP contribution in [0.2, 0.25) is 5.02 Å². The van der Waals surface area contributed by atoms with E-state index in [9.17, 15) is 4.79 Å². The van der Waals surface area contributed by atoms with E-state index in [1.165, 1.54) is 5.69 Å². The average molecular weight is 388 g/mol. The van der Waals surface area contributed by atoms with Crippen molar-refractivity contribution >= 4 is 23.2 Å². The minimum Gasteiger partial charge on any atom is -0.497 e. The van der Waals surface area contributed by atoms with Crippen molar-refractivity contribution in [1.29, 1.82) is 0 Å². The molecule has 1 saturated heterocycles. The van der Waals surface area contributed by atoms with E-state index in [-0.39, 0.29) is 5.91 Å². The molecule has 0 bridgehead atoms. The van der Waals surface area contributed by atoms with E-state index in [1.54, 1.807) is 12.0 Å². The average Bonchev–Trinajstić information content (AvgIpc) is 2.68. The fraction of sp³-hybridized carbons (Fsp3) is 0.381. The van der Waals surface area contributed by atoms with Gasteiger partial charge in [-0.05, 0) is 29.8 Å². The first kappa shape index (κ1) is 19.5. The monoisotopic (exact) mass is 387 g/mol. The number of benzene rings is 2. The number of likely N-dealkylation sites (N-methyl/N-ethyl adjacent to an activating group) is 1. The summed E-state index contributed by atoms with van der Waals surface area (Å²) in [5.41, 5.74) is 2.21. The van der Waals surface area contributed by atoms with E-state index in [4.69, 9.17) is 16.3 Å². The van der Waals surface area contributed by atoms with Crippen LogP contribution in [0.1, 0.15) is 5.56 Å². The molecule has 5 nitrogen and oxygen atoms in total. The molecule has 0 atom stereocenters. The highest BCUT2D eigenvalue weighted by atomic mass is 35.5. The lowest BCUT2D eigenvalue weighted by atomic mass is 10.2. The first-order valence-electron chi connectivity index (χ1n) is 9.15. The molecule has 0 aromatic heterocycles. The van der Waals surface area contributed by atoms with Crippen LogP contribution < -0.4 is 9.64 Å². The normalized spacial score (nSPS) is 14.9. The van der Waals surface area contributed by atoms with Crippen LogP contribution in [0.5, 0.6) is 5.75 Å². The molecule has 3 rings (SSSR count). The van der Waals surface area contributed by atoms with E-state index in [0.29, 0.717) is 18.1 Å². The molecule has 0 spiro atoms. The number of amides is 1. The molecule has 1 amide bonds. The maximum Gasteiger partial charge on any atom is 0.236 e. The summed E-state index contributed by atoms with van der Waals surface area (Å²) in [5, 5.41) is 0.696. The van der Waals surface area contributed by atoms with Crippen LogP contribution in [0, 0.1) is 0 Å². The number of anilines is 1. The second-order valence-electron chi connectivity index (χ2n) is 6.84. The molecule has 144 valence electrons. The largest absolute Gasteiger partial charge is 0.497 e. The zero-order valence-corrected chi connectivity index (χ0v) is 16.7. The van der Waals surface area contributed by atoms with E-state index >= 15 is 0 Å². The second kappa shape index (κ2) is 9.11. The molecule has 6 heteroatoms. The van der Waals surface area contributed by atoms with Gasteiger partial charge in [0, 0.05) is 56.5 Å². The number of halogens is 1. The Labute approximate surface area is 166 Å². The van der Waals surface area contributed by atoms with Crippen molar-refractivity contribution in [2.75, 3.05) is 51.8 Å². The van der Waals surface area contributed by atoms with Gasteiger partial charge in [-0.15, -0.1) is 0 Å². The molecule has 1 aliphatic heterocycles. The summed E-state index contributed by atoms with van der Waals surface area (Å²) in [6.07, 6.45) is 0. The number of carbonyl (C=O) groups is 1. The van der Waals surface area contributed by atoms with Crippen LogP contribution in [-0.2, 0) is 11.3 Å². The van der Waals surface area contributed by atoms with Crippen LogP contribution in [0.3, 0.4) is 0 Å². The highest BCUT2D eigenvalue weighted by Gasteiger charge is 2.21. The molecular formula is C21H26ClN3O2. The van der Waals surface area contributed by atoms with Gasteiger partial charge in [0.2, 0.25) is 5.91 Å². The van der Waals surface area contributed by atoms with Crippen molar-refractivity contribution in [2.45, 2.75) is 6.54 Å². The zero-order valence-electron chi connectivity index (χ0n) is 15.9. The van der Waals surface area contributed by atoms with Crippen molar-refractivity contribution in [1.82, 2.24) is 9.80 Å². The van der Waals surface area contributed by atoms with Gasteiger partial charge in [-0.1, -0.05) is 29.8 Å². The summed E-state index contributed by atoms with van der Waals surface area (Å²) in [5.74, 6) is 0.998. The van der Waals surface area contributed by atoms with Crippen LogP contribution >= 0.6 is 11.6 Å². The summed E-state index contributed by atoms with van der Waals surface area (Å²) in [6, 6.07) is 15.8. The molecular weight excluding hydrogens is 362 g/mol. The van der Waals surface area contributed by atoms with Gasteiger partial charge in [0.25, 0.3) is 0 Å². The molecule has 0 aliphatic carbocycles. The van der Waals surface area contributed by atoms with Crippen molar-refractivity contribution < 1.29 is 9.53 Å². The number of ether oxygens (including phenoxy) is 1. The summed E-state index contributed by atoms with van der Waals surface area (Å²) in [6.45, 7) is 4.56. The van der Waals surface area contributed by atoms with Crippen LogP contribution in [-0.4, -0.2) is 62.6 Å². The van der Waals surface area contributed by atoms with Gasteiger partial charge in [-0.25, -0.2) is 0 Å². The van der Waals surface area contributed by atoms with Gasteiger partial charge in [-0.2, -0.15) is 0 Å². The molecule has 2 aromatic rings. The molecule has 0 unspecified atom stereocenters. The minimum absolute atomic E-state index is 0.129. The third-order valence-electron chi connectivity index (χ3n) is 4.88. The Bertz CT molecular complexity index is 776. The highest BCUT2D eigenvalue weighted by Crippen LogP contribution is 2.22. The molecule has 1 fully saturated rings. The number of methoxy groups -OCH3 is 1. The standard InChI is InChI=1S/C21H26ClN3O2/c1-23(15-17-5-3-6-18(22)13-17)21(26)16-24-9-11-25(12-10-24)19-7-4-8-20(14-19)27-2/h3-8,13-14H,9-12,15-16H2,1-2H3. The quantitative estimate of drug-likeness (QED) is 0.763. The van der Waals surface area contributed by atoms with Crippen molar-refractivity contribution in [3.63, 3.8) is 0 Å². The highest BCUT2D eigenvalue weighted by molar-refractivity contribution is 6.30. The summed E-state index contributed by atoms with van der Waals surface area (Å²) < 4.78 is 5.31. The molecule has 27 heavy (non-hydrogen) atoms. The van der Waals surface area contributed by atoms with Crippen LogP contribution in [0.15, 0.2) is 48.5 Å². The third-order valence-corrected chi connectivity index (χ3v) is 5.12. The molecule has 0 N–H and O–H groups in total. The summed E-state index contributed by atoms with van der Waals surface area (Å²) >= 11 is 6.02. The van der Waals surface area contributed by atoms with Crippen molar-refractivity contribution in [3.05, 3.63) is 59.1 Å². The van der Waals surface area contributed by atoms with Crippen molar-refractivity contribution in [2.24, 2.45) is 0 Å². The van der Waals surface area contributed by atoms with Gasteiger partial charge < -0.3 is 14.5 Å². The van der Waals surface area contributed by atoms with E-state index in [1.807, 2.05) is 43.4 Å². The van der Waals surface area contributed by atoms with E-state index in [2.05, 4.69) is 21.9 Å². The second-order valence-corrected chi connectivity index (χ2v) is 7.28. The number of carbonyl (C=O) groups excluding carboxylic acids is 1. The lowest BCUT2D eigenvalue weighted by Gasteiger charge is -2.36. The van der Waals surface area contributed by atoms with Gasteiger partial charge in [0.1, 0.15) is 5.75 Å². The molecule has 2 aromatic carbocycles.